The molecular weight excluding hydrogens is 443 g/mol. The largest absolute Gasteiger partial charge is 0.311 e. The summed E-state index contributed by atoms with van der Waals surface area (Å²) in [5.41, 5.74) is 2.77. The molecule has 1 fully saturated rings. The van der Waals surface area contributed by atoms with Gasteiger partial charge in [-0.2, -0.15) is 0 Å². The van der Waals surface area contributed by atoms with Crippen molar-refractivity contribution in [2.75, 3.05) is 17.2 Å². The minimum absolute atomic E-state index is 0.0390. The van der Waals surface area contributed by atoms with Gasteiger partial charge in [0.05, 0.1) is 34.0 Å². The van der Waals surface area contributed by atoms with Crippen molar-refractivity contribution in [3.05, 3.63) is 60.6 Å². The summed E-state index contributed by atoms with van der Waals surface area (Å²) in [7, 11) is -3.07. The van der Waals surface area contributed by atoms with Gasteiger partial charge in [0.15, 0.2) is 15.7 Å². The van der Waals surface area contributed by atoms with Crippen molar-refractivity contribution in [1.29, 1.82) is 0 Å². The Hall–Kier alpha value is -3.07. The number of sulfone groups is 1. The molecule has 0 bridgehead atoms. The Kier molecular flexibility index (Phi) is 5.12. The highest BCUT2D eigenvalue weighted by Crippen LogP contribution is 2.43. The van der Waals surface area contributed by atoms with Crippen LogP contribution < -0.4 is 4.90 Å². The number of imidazole rings is 1. The minimum atomic E-state index is -3.07. The average molecular weight is 469 g/mol. The third-order valence-corrected chi connectivity index (χ3v) is 8.84. The van der Waals surface area contributed by atoms with E-state index in [1.54, 1.807) is 21.7 Å². The summed E-state index contributed by atoms with van der Waals surface area (Å²) in [5.74, 6) is -0.392. The molecule has 2 aromatic heterocycles. The van der Waals surface area contributed by atoms with E-state index in [9.17, 15) is 17.6 Å². The number of carbonyl (C=O) groups excluding carboxylic acids is 1. The monoisotopic (exact) mass is 468 g/mol. The highest BCUT2D eigenvalue weighted by Gasteiger charge is 2.44. The number of hydrogen-bond donors (Lipinski definition) is 0. The number of hydrogen-bond acceptors (Lipinski definition) is 5. The summed E-state index contributed by atoms with van der Waals surface area (Å²) in [6.45, 7) is 4.12. The van der Waals surface area contributed by atoms with Crippen molar-refractivity contribution >= 4 is 21.4 Å². The molecule has 9 heteroatoms. The van der Waals surface area contributed by atoms with Crippen molar-refractivity contribution in [3.63, 3.8) is 0 Å². The Balaban J connectivity index is 1.43. The van der Waals surface area contributed by atoms with Crippen molar-refractivity contribution < 1.29 is 17.6 Å². The fourth-order valence-electron chi connectivity index (χ4n) is 4.43. The molecule has 7 nitrogen and oxygen atoms in total. The molecular formula is C24H25FN4O3S. The maximum absolute atomic E-state index is 14.1. The van der Waals surface area contributed by atoms with Gasteiger partial charge in [-0.25, -0.2) is 17.8 Å². The zero-order valence-electron chi connectivity index (χ0n) is 18.5. The van der Waals surface area contributed by atoms with E-state index in [0.29, 0.717) is 24.3 Å². The zero-order chi connectivity index (χ0) is 23.4. The van der Waals surface area contributed by atoms with E-state index in [0.717, 1.165) is 35.9 Å². The molecule has 1 aliphatic heterocycles. The first kappa shape index (κ1) is 21.8. The molecule has 0 saturated heterocycles. The summed E-state index contributed by atoms with van der Waals surface area (Å²) < 4.78 is 40.2. The molecule has 3 heterocycles. The molecule has 0 spiro atoms. The number of aromatic nitrogens is 3. The lowest BCUT2D eigenvalue weighted by Crippen LogP contribution is -2.37. The van der Waals surface area contributed by atoms with Gasteiger partial charge in [-0.1, -0.05) is 12.1 Å². The molecule has 1 aliphatic carbocycles. The lowest BCUT2D eigenvalue weighted by molar-refractivity contribution is -0.122. The third-order valence-electron chi connectivity index (χ3n) is 6.49. The number of pyridine rings is 1. The smallest absolute Gasteiger partial charge is 0.237 e. The van der Waals surface area contributed by atoms with Gasteiger partial charge in [0, 0.05) is 30.2 Å². The van der Waals surface area contributed by atoms with Gasteiger partial charge in [-0.15, -0.1) is 0 Å². The van der Waals surface area contributed by atoms with Crippen molar-refractivity contribution in [2.24, 2.45) is 0 Å². The van der Waals surface area contributed by atoms with Crippen LogP contribution in [-0.4, -0.2) is 46.4 Å². The maximum atomic E-state index is 14.1. The van der Waals surface area contributed by atoms with E-state index in [2.05, 4.69) is 9.97 Å². The van der Waals surface area contributed by atoms with Crippen LogP contribution in [0.1, 0.15) is 38.7 Å². The van der Waals surface area contributed by atoms with Crippen LogP contribution in [0.25, 0.3) is 16.9 Å². The average Bonchev–Trinajstić information content (AvgIpc) is 3.51. The topological polar surface area (TPSA) is 85.2 Å². The molecule has 0 unspecified atom stereocenters. The van der Waals surface area contributed by atoms with Crippen LogP contribution >= 0.6 is 0 Å². The SMILES string of the molecule is CC1(C)C(=O)N(CCCS(=O)(=O)C2CC2)c2cc(-c3cn(-c4ccncc4F)cn3)ccc21. The van der Waals surface area contributed by atoms with Crippen LogP contribution in [0, 0.1) is 5.82 Å². The summed E-state index contributed by atoms with van der Waals surface area (Å²) in [6, 6.07) is 7.31. The first-order chi connectivity index (χ1) is 15.7. The predicted octanol–water partition coefficient (Wildman–Crippen LogP) is 3.66. The highest BCUT2D eigenvalue weighted by atomic mass is 32.2. The number of fused-ring (bicyclic) bond motifs is 1. The predicted molar refractivity (Wildman–Crippen MR) is 124 cm³/mol. The van der Waals surface area contributed by atoms with Gasteiger partial charge < -0.3 is 9.47 Å². The number of halogens is 1. The zero-order valence-corrected chi connectivity index (χ0v) is 19.3. The van der Waals surface area contributed by atoms with Crippen LogP contribution in [0.15, 0.2) is 49.2 Å². The van der Waals surface area contributed by atoms with Gasteiger partial charge in [-0.05, 0) is 50.8 Å². The molecule has 2 aliphatic rings. The highest BCUT2D eigenvalue weighted by molar-refractivity contribution is 7.92. The second-order valence-electron chi connectivity index (χ2n) is 9.23. The third kappa shape index (κ3) is 3.84. The molecule has 0 atom stereocenters. The van der Waals surface area contributed by atoms with Crippen LogP contribution in [0.5, 0.6) is 0 Å². The Labute approximate surface area is 192 Å². The molecule has 33 heavy (non-hydrogen) atoms. The van der Waals surface area contributed by atoms with E-state index in [1.807, 2.05) is 32.0 Å². The number of nitrogens with zero attached hydrogens (tertiary/aromatic N) is 4. The molecule has 0 N–H and O–H groups in total. The Morgan fingerprint density at radius 2 is 1.97 bits per heavy atom. The first-order valence-electron chi connectivity index (χ1n) is 11.0. The Bertz CT molecular complexity index is 1350. The first-order valence-corrected chi connectivity index (χ1v) is 12.7. The maximum Gasteiger partial charge on any atom is 0.237 e. The van der Waals surface area contributed by atoms with E-state index in [-0.39, 0.29) is 16.9 Å². The fraction of sp³-hybridized carbons (Fsp3) is 0.375. The minimum Gasteiger partial charge on any atom is -0.311 e. The van der Waals surface area contributed by atoms with Crippen LogP contribution in [-0.2, 0) is 20.0 Å². The number of anilines is 1. The van der Waals surface area contributed by atoms with Gasteiger partial charge >= 0.3 is 0 Å². The van der Waals surface area contributed by atoms with Gasteiger partial charge in [0.2, 0.25) is 5.91 Å². The lowest BCUT2D eigenvalue weighted by atomic mass is 9.86. The summed E-state index contributed by atoms with van der Waals surface area (Å²) in [5, 5.41) is -0.192. The summed E-state index contributed by atoms with van der Waals surface area (Å²) >= 11 is 0. The summed E-state index contributed by atoms with van der Waals surface area (Å²) in [4.78, 5) is 23.1. The number of rotatable bonds is 7. The number of carbonyl (C=O) groups is 1. The Morgan fingerprint density at radius 1 is 1.18 bits per heavy atom. The Morgan fingerprint density at radius 3 is 2.70 bits per heavy atom. The van der Waals surface area contributed by atoms with E-state index < -0.39 is 21.1 Å². The molecule has 1 aromatic carbocycles. The summed E-state index contributed by atoms with van der Waals surface area (Å²) in [6.07, 6.45) is 7.84. The van der Waals surface area contributed by atoms with E-state index >= 15 is 0 Å². The molecule has 172 valence electrons. The normalized spacial score (nSPS) is 17.4. The number of amides is 1. The van der Waals surface area contributed by atoms with E-state index in [1.165, 1.54) is 12.5 Å². The molecule has 1 saturated carbocycles. The van der Waals surface area contributed by atoms with Crippen LogP contribution in [0.2, 0.25) is 0 Å². The van der Waals surface area contributed by atoms with Crippen molar-refractivity contribution in [2.45, 2.75) is 43.8 Å². The molecule has 3 aromatic rings. The van der Waals surface area contributed by atoms with Crippen molar-refractivity contribution in [1.82, 2.24) is 14.5 Å². The van der Waals surface area contributed by atoms with E-state index in [4.69, 9.17) is 0 Å². The standard InChI is InChI=1S/C24H25FN4O3S/c1-24(2)18-7-4-16(20-14-28(15-27-20)21-8-9-26-13-19(21)25)12-22(18)29(23(24)30)10-3-11-33(31,32)17-5-6-17/h4,7-9,12-15,17H,3,5-6,10-11H2,1-2H3. The second kappa shape index (κ2) is 7.76. The quantitative estimate of drug-likeness (QED) is 0.528. The van der Waals surface area contributed by atoms with Crippen molar-refractivity contribution in [3.8, 4) is 16.9 Å². The fourth-order valence-corrected chi connectivity index (χ4v) is 6.14. The lowest BCUT2D eigenvalue weighted by Gasteiger charge is -2.20. The van der Waals surface area contributed by atoms with Gasteiger partial charge in [-0.3, -0.25) is 9.78 Å². The van der Waals surface area contributed by atoms with Gasteiger partial charge in [0.25, 0.3) is 0 Å². The van der Waals surface area contributed by atoms with Crippen LogP contribution in [0.4, 0.5) is 10.1 Å². The molecule has 0 radical (unpaired) electrons. The second-order valence-corrected chi connectivity index (χ2v) is 11.6. The molecule has 1 amide bonds. The van der Waals surface area contributed by atoms with Gasteiger partial charge in [0.1, 0.15) is 6.33 Å². The van der Waals surface area contributed by atoms with Crippen LogP contribution in [0.3, 0.4) is 0 Å². The molecule has 5 rings (SSSR count). The number of benzene rings is 1.